The molecule has 0 amide bonds. The molecule has 0 saturated carbocycles. The van der Waals surface area contributed by atoms with Crippen LogP contribution in [0.2, 0.25) is 0 Å². The summed E-state index contributed by atoms with van der Waals surface area (Å²) in [5.41, 5.74) is 0. The van der Waals surface area contributed by atoms with Gasteiger partial charge in [-0.1, -0.05) is 12.2 Å². The number of esters is 1. The predicted molar refractivity (Wildman–Crippen MR) is 44.7 cm³/mol. The summed E-state index contributed by atoms with van der Waals surface area (Å²) < 4.78 is 9.72. The summed E-state index contributed by atoms with van der Waals surface area (Å²) in [6.45, 7) is 0.845. The Balaban J connectivity index is 2.11. The molecule has 0 fully saturated rings. The molecule has 0 aromatic carbocycles. The fourth-order valence-electron chi connectivity index (χ4n) is 1.15. The van der Waals surface area contributed by atoms with Crippen molar-refractivity contribution in [3.05, 3.63) is 12.2 Å². The Bertz CT molecular complexity index is 167. The minimum absolute atomic E-state index is 0.0573. The quantitative estimate of drug-likeness (QED) is 0.360. The van der Waals surface area contributed by atoms with E-state index in [9.17, 15) is 4.79 Å². The molecule has 0 bridgehead atoms. The van der Waals surface area contributed by atoms with Gasteiger partial charge in [-0.05, 0) is 12.8 Å². The average Bonchev–Trinajstić information content (AvgIpc) is 2.56. The van der Waals surface area contributed by atoms with Gasteiger partial charge in [0.2, 0.25) is 0 Å². The summed E-state index contributed by atoms with van der Waals surface area (Å²) in [5, 5.41) is 0. The molecule has 0 aliphatic heterocycles. The van der Waals surface area contributed by atoms with Crippen LogP contribution in [0.15, 0.2) is 12.2 Å². The molecule has 1 aliphatic carbocycles. The lowest BCUT2D eigenvalue weighted by atomic mass is 10.1. The first-order chi connectivity index (χ1) is 5.84. The minimum Gasteiger partial charge on any atom is -0.463 e. The van der Waals surface area contributed by atoms with E-state index < -0.39 is 0 Å². The highest BCUT2D eigenvalue weighted by Crippen LogP contribution is 2.18. The zero-order valence-electron chi connectivity index (χ0n) is 7.29. The molecule has 0 heterocycles. The van der Waals surface area contributed by atoms with E-state index in [0.717, 1.165) is 12.8 Å². The van der Waals surface area contributed by atoms with E-state index in [4.69, 9.17) is 9.47 Å². The van der Waals surface area contributed by atoms with Gasteiger partial charge in [-0.2, -0.15) is 0 Å². The zero-order valence-corrected chi connectivity index (χ0v) is 7.29. The van der Waals surface area contributed by atoms with E-state index >= 15 is 0 Å². The fourth-order valence-corrected chi connectivity index (χ4v) is 1.15. The predicted octanol–water partition coefficient (Wildman–Crippen LogP) is 1.14. The van der Waals surface area contributed by atoms with Crippen molar-refractivity contribution in [3.63, 3.8) is 0 Å². The van der Waals surface area contributed by atoms with Crippen LogP contribution in [0.25, 0.3) is 0 Å². The second-order valence-corrected chi connectivity index (χ2v) is 2.80. The van der Waals surface area contributed by atoms with Crippen molar-refractivity contribution >= 4 is 5.97 Å². The molecule has 1 rings (SSSR count). The lowest BCUT2D eigenvalue weighted by molar-refractivity contribution is -0.149. The number of ether oxygens (including phenoxy) is 2. The van der Waals surface area contributed by atoms with Crippen molar-refractivity contribution in [2.75, 3.05) is 20.3 Å². The van der Waals surface area contributed by atoms with Crippen molar-refractivity contribution in [1.29, 1.82) is 0 Å². The molecule has 0 aromatic heterocycles. The van der Waals surface area contributed by atoms with E-state index in [-0.39, 0.29) is 11.9 Å². The van der Waals surface area contributed by atoms with Gasteiger partial charge < -0.3 is 9.47 Å². The molecule has 3 nitrogen and oxygen atoms in total. The second kappa shape index (κ2) is 4.93. The molecule has 3 heteroatoms. The Kier molecular flexibility index (Phi) is 3.80. The summed E-state index contributed by atoms with van der Waals surface area (Å²) in [5.74, 6) is -0.0427. The maximum atomic E-state index is 11.2. The molecule has 0 aromatic rings. The number of hydrogen-bond donors (Lipinski definition) is 0. The van der Waals surface area contributed by atoms with Crippen LogP contribution in [0.1, 0.15) is 12.8 Å². The van der Waals surface area contributed by atoms with Crippen LogP contribution in [0, 0.1) is 5.92 Å². The lowest BCUT2D eigenvalue weighted by Gasteiger charge is -2.08. The monoisotopic (exact) mass is 170 g/mol. The van der Waals surface area contributed by atoms with Crippen LogP contribution in [-0.2, 0) is 14.3 Å². The van der Waals surface area contributed by atoms with Crippen LogP contribution in [-0.4, -0.2) is 26.3 Å². The van der Waals surface area contributed by atoms with Crippen molar-refractivity contribution in [2.45, 2.75) is 12.8 Å². The Morgan fingerprint density at radius 3 is 2.67 bits per heavy atom. The summed E-state index contributed by atoms with van der Waals surface area (Å²) in [4.78, 5) is 11.2. The first-order valence-corrected chi connectivity index (χ1v) is 4.15. The summed E-state index contributed by atoms with van der Waals surface area (Å²) in [6.07, 6.45) is 5.68. The van der Waals surface area contributed by atoms with Crippen molar-refractivity contribution in [1.82, 2.24) is 0 Å². The molecular weight excluding hydrogens is 156 g/mol. The first kappa shape index (κ1) is 9.26. The highest BCUT2D eigenvalue weighted by Gasteiger charge is 2.20. The molecule has 12 heavy (non-hydrogen) atoms. The van der Waals surface area contributed by atoms with E-state index in [0.29, 0.717) is 13.2 Å². The fraction of sp³-hybridized carbons (Fsp3) is 0.667. The van der Waals surface area contributed by atoms with E-state index in [1.54, 1.807) is 7.11 Å². The maximum Gasteiger partial charge on any atom is 0.309 e. The number of carbonyl (C=O) groups is 1. The van der Waals surface area contributed by atoms with Crippen LogP contribution >= 0.6 is 0 Å². The van der Waals surface area contributed by atoms with Gasteiger partial charge in [-0.3, -0.25) is 4.79 Å². The summed E-state index contributed by atoms with van der Waals surface area (Å²) >= 11 is 0. The average molecular weight is 170 g/mol. The number of hydrogen-bond acceptors (Lipinski definition) is 3. The standard InChI is InChI=1S/C9H14O3/c1-11-6-7-12-9(10)8-4-2-3-5-8/h2-3,8H,4-7H2,1H3. The van der Waals surface area contributed by atoms with E-state index in [2.05, 4.69) is 0 Å². The van der Waals surface area contributed by atoms with Crippen molar-refractivity contribution in [3.8, 4) is 0 Å². The Morgan fingerprint density at radius 1 is 1.42 bits per heavy atom. The van der Waals surface area contributed by atoms with E-state index in [1.165, 1.54) is 0 Å². The molecule has 0 atom stereocenters. The smallest absolute Gasteiger partial charge is 0.309 e. The first-order valence-electron chi connectivity index (χ1n) is 4.15. The Hall–Kier alpha value is -0.830. The molecular formula is C9H14O3. The van der Waals surface area contributed by atoms with Crippen LogP contribution in [0.3, 0.4) is 0 Å². The normalized spacial score (nSPS) is 16.8. The van der Waals surface area contributed by atoms with Gasteiger partial charge in [-0.25, -0.2) is 0 Å². The topological polar surface area (TPSA) is 35.5 Å². The highest BCUT2D eigenvalue weighted by atomic mass is 16.6. The van der Waals surface area contributed by atoms with Gasteiger partial charge in [-0.15, -0.1) is 0 Å². The molecule has 68 valence electrons. The van der Waals surface area contributed by atoms with Gasteiger partial charge in [0.1, 0.15) is 6.61 Å². The lowest BCUT2D eigenvalue weighted by Crippen LogP contribution is -2.17. The number of methoxy groups -OCH3 is 1. The summed E-state index contributed by atoms with van der Waals surface area (Å²) in [7, 11) is 1.59. The highest BCUT2D eigenvalue weighted by molar-refractivity contribution is 5.73. The third-order valence-electron chi connectivity index (χ3n) is 1.87. The van der Waals surface area contributed by atoms with E-state index in [1.807, 2.05) is 12.2 Å². The van der Waals surface area contributed by atoms with Crippen molar-refractivity contribution in [2.24, 2.45) is 5.92 Å². The zero-order chi connectivity index (χ0) is 8.81. The third-order valence-corrected chi connectivity index (χ3v) is 1.87. The van der Waals surface area contributed by atoms with Crippen LogP contribution in [0.5, 0.6) is 0 Å². The minimum atomic E-state index is -0.1000. The van der Waals surface area contributed by atoms with Crippen molar-refractivity contribution < 1.29 is 14.3 Å². The SMILES string of the molecule is COCCOC(=O)C1CC=CC1. The van der Waals surface area contributed by atoms with Gasteiger partial charge in [0.05, 0.1) is 12.5 Å². The van der Waals surface area contributed by atoms with Gasteiger partial charge in [0.25, 0.3) is 0 Å². The molecule has 0 saturated heterocycles. The summed E-state index contributed by atoms with van der Waals surface area (Å²) in [6, 6.07) is 0. The van der Waals surface area contributed by atoms with Gasteiger partial charge in [0.15, 0.2) is 0 Å². The molecule has 0 spiro atoms. The molecule has 0 radical (unpaired) electrons. The van der Waals surface area contributed by atoms with Crippen LogP contribution < -0.4 is 0 Å². The largest absolute Gasteiger partial charge is 0.463 e. The molecule has 1 aliphatic rings. The molecule has 0 N–H and O–H groups in total. The number of rotatable bonds is 4. The Morgan fingerprint density at radius 2 is 2.08 bits per heavy atom. The number of allylic oxidation sites excluding steroid dienone is 2. The van der Waals surface area contributed by atoms with Gasteiger partial charge in [0, 0.05) is 7.11 Å². The number of carbonyl (C=O) groups excluding carboxylic acids is 1. The molecule has 0 unspecified atom stereocenters. The second-order valence-electron chi connectivity index (χ2n) is 2.80. The van der Waals surface area contributed by atoms with Crippen LogP contribution in [0.4, 0.5) is 0 Å². The third kappa shape index (κ3) is 2.66. The maximum absolute atomic E-state index is 11.2. The van der Waals surface area contributed by atoms with Gasteiger partial charge >= 0.3 is 5.97 Å². The Labute approximate surface area is 72.4 Å².